The van der Waals surface area contributed by atoms with Crippen molar-refractivity contribution in [3.63, 3.8) is 0 Å². The maximum atomic E-state index is 14.7. The molecule has 1 unspecified atom stereocenters. The summed E-state index contributed by atoms with van der Waals surface area (Å²) in [6, 6.07) is 3.46. The lowest BCUT2D eigenvalue weighted by molar-refractivity contribution is -0.142. The number of rotatable bonds is 7. The van der Waals surface area contributed by atoms with Crippen LogP contribution in [0, 0.1) is 29.5 Å². The summed E-state index contributed by atoms with van der Waals surface area (Å²) in [5.41, 5.74) is 6.06. The molecule has 2 amide bonds. The maximum Gasteiger partial charge on any atom is 0.355 e. The van der Waals surface area contributed by atoms with E-state index in [1.54, 1.807) is 11.0 Å². The van der Waals surface area contributed by atoms with Gasteiger partial charge >= 0.3 is 5.97 Å². The summed E-state index contributed by atoms with van der Waals surface area (Å²) in [6.45, 7) is -0.0355. The number of carbonyl (C=O) groups is 3. The molecule has 0 spiro atoms. The van der Waals surface area contributed by atoms with Gasteiger partial charge in [0.2, 0.25) is 11.8 Å². The zero-order valence-corrected chi connectivity index (χ0v) is 22.1. The number of nitrogens with zero attached hydrogens (tertiary/aromatic N) is 1. The fourth-order valence-electron chi connectivity index (χ4n) is 7.21. The van der Waals surface area contributed by atoms with Crippen LogP contribution in [0.2, 0.25) is 0 Å². The number of alkyl halides is 1. The van der Waals surface area contributed by atoms with Crippen molar-refractivity contribution in [2.24, 2.45) is 29.4 Å². The number of carboxylic acids is 1. The van der Waals surface area contributed by atoms with Crippen molar-refractivity contribution in [3.8, 4) is 0 Å². The minimum absolute atomic E-state index is 0.0149. The third-order valence-electron chi connectivity index (χ3n) is 9.37. The number of carboxylic acid groups (broad SMARTS) is 1. The lowest BCUT2D eigenvalue weighted by Crippen LogP contribution is -2.50. The number of H-pyrrole nitrogens is 1. The molecule has 2 saturated carbocycles. The number of amides is 2. The van der Waals surface area contributed by atoms with Crippen molar-refractivity contribution < 1.29 is 28.3 Å². The highest BCUT2D eigenvalue weighted by Crippen LogP contribution is 2.41. The van der Waals surface area contributed by atoms with Crippen LogP contribution < -0.4 is 11.1 Å². The number of anilines is 1. The quantitative estimate of drug-likeness (QED) is 0.396. The number of fused-ring (bicyclic) bond motifs is 1. The third kappa shape index (κ3) is 5.53. The van der Waals surface area contributed by atoms with Gasteiger partial charge in [-0.05, 0) is 68.1 Å². The van der Waals surface area contributed by atoms with Gasteiger partial charge < -0.3 is 26.0 Å². The number of hydrogen-bond donors (Lipinski definition) is 4. The highest BCUT2D eigenvalue weighted by atomic mass is 19.1. The van der Waals surface area contributed by atoms with Crippen molar-refractivity contribution in [3.05, 3.63) is 29.7 Å². The van der Waals surface area contributed by atoms with Crippen LogP contribution in [0.25, 0.3) is 10.9 Å². The van der Waals surface area contributed by atoms with E-state index in [4.69, 9.17) is 5.73 Å². The van der Waals surface area contributed by atoms with Gasteiger partial charge in [0, 0.05) is 35.1 Å². The van der Waals surface area contributed by atoms with Gasteiger partial charge in [-0.2, -0.15) is 0 Å². The van der Waals surface area contributed by atoms with E-state index in [1.165, 1.54) is 18.6 Å². The Kier molecular flexibility index (Phi) is 8.21. The number of aromatic nitrogens is 1. The van der Waals surface area contributed by atoms with Crippen LogP contribution in [0.1, 0.15) is 74.7 Å². The molecule has 5 rings (SSSR count). The number of nitrogens with two attached hydrogens (primary N) is 1. The molecular weight excluding hydrogens is 506 g/mol. The Balaban J connectivity index is 1.36. The fraction of sp³-hybridized carbons (Fsp3) is 0.621. The van der Waals surface area contributed by atoms with Crippen LogP contribution in [0.15, 0.2) is 18.2 Å². The zero-order valence-electron chi connectivity index (χ0n) is 22.1. The van der Waals surface area contributed by atoms with Crippen LogP contribution >= 0.6 is 0 Å². The monoisotopic (exact) mass is 544 g/mol. The molecule has 10 heteroatoms. The average molecular weight is 545 g/mol. The summed E-state index contributed by atoms with van der Waals surface area (Å²) in [5.74, 6) is -2.28. The van der Waals surface area contributed by atoms with Crippen LogP contribution in [0.4, 0.5) is 14.5 Å². The smallest absolute Gasteiger partial charge is 0.355 e. The second kappa shape index (κ2) is 11.6. The average Bonchev–Trinajstić information content (AvgIpc) is 3.54. The summed E-state index contributed by atoms with van der Waals surface area (Å²) in [4.78, 5) is 43.2. The zero-order chi connectivity index (χ0) is 27.7. The molecule has 5 N–H and O–H groups in total. The van der Waals surface area contributed by atoms with Gasteiger partial charge in [0.1, 0.15) is 12.7 Å². The van der Waals surface area contributed by atoms with Gasteiger partial charge in [-0.1, -0.05) is 32.1 Å². The van der Waals surface area contributed by atoms with Crippen molar-refractivity contribution in [2.75, 3.05) is 18.5 Å². The van der Waals surface area contributed by atoms with E-state index >= 15 is 0 Å². The standard InChI is InChI=1S/C29H38F2N4O4/c30-15-22(32)17-6-8-18(9-7-17)28(37)35-13-12-20(16-4-2-1-3-5-16)26(35)27(36)33-19-10-11-23-21(14-19)24(31)25(34-23)29(38)39/h10-11,14,16-18,20,22,26,34H,1-9,12-13,15,32H2,(H,33,36)(H,38,39)/t17-,18-,20-,22?,26-/m0/s1. The van der Waals surface area contributed by atoms with Crippen molar-refractivity contribution in [2.45, 2.75) is 76.3 Å². The Morgan fingerprint density at radius 3 is 2.46 bits per heavy atom. The molecule has 3 atom stereocenters. The van der Waals surface area contributed by atoms with Crippen LogP contribution in [0.3, 0.4) is 0 Å². The third-order valence-corrected chi connectivity index (χ3v) is 9.37. The highest BCUT2D eigenvalue weighted by Gasteiger charge is 2.47. The molecule has 212 valence electrons. The van der Waals surface area contributed by atoms with Crippen molar-refractivity contribution in [1.82, 2.24) is 9.88 Å². The molecule has 2 aliphatic carbocycles. The number of halogens is 2. The Labute approximate surface area is 226 Å². The first-order valence-corrected chi connectivity index (χ1v) is 14.3. The Hall–Kier alpha value is -3.01. The van der Waals surface area contributed by atoms with Gasteiger partial charge in [0.25, 0.3) is 0 Å². The molecular formula is C29H38F2N4O4. The van der Waals surface area contributed by atoms with Crippen LogP contribution in [0.5, 0.6) is 0 Å². The maximum absolute atomic E-state index is 14.7. The van der Waals surface area contributed by atoms with Crippen LogP contribution in [-0.4, -0.2) is 58.1 Å². The molecule has 2 heterocycles. The summed E-state index contributed by atoms with van der Waals surface area (Å²) in [6.07, 6.45) is 8.99. The fourth-order valence-corrected chi connectivity index (χ4v) is 7.21. The molecule has 1 saturated heterocycles. The van der Waals surface area contributed by atoms with Crippen molar-refractivity contribution in [1.29, 1.82) is 0 Å². The van der Waals surface area contributed by atoms with E-state index in [2.05, 4.69) is 10.3 Å². The molecule has 39 heavy (non-hydrogen) atoms. The predicted octanol–water partition coefficient (Wildman–Crippen LogP) is 4.84. The molecule has 3 fully saturated rings. The molecule has 1 aromatic carbocycles. The Bertz CT molecular complexity index is 1220. The molecule has 1 aliphatic heterocycles. The predicted molar refractivity (Wildman–Crippen MR) is 143 cm³/mol. The van der Waals surface area contributed by atoms with Crippen LogP contribution in [-0.2, 0) is 9.59 Å². The number of carbonyl (C=O) groups excluding carboxylic acids is 2. The summed E-state index contributed by atoms with van der Waals surface area (Å²) < 4.78 is 27.7. The lowest BCUT2D eigenvalue weighted by atomic mass is 9.76. The first kappa shape index (κ1) is 27.6. The summed E-state index contributed by atoms with van der Waals surface area (Å²) in [5, 5.41) is 12.2. The van der Waals surface area contributed by atoms with E-state index in [0.717, 1.165) is 32.1 Å². The van der Waals surface area contributed by atoms with Gasteiger partial charge in [-0.3, -0.25) is 9.59 Å². The summed E-state index contributed by atoms with van der Waals surface area (Å²) >= 11 is 0. The number of aromatic amines is 1. The number of benzene rings is 1. The molecule has 0 bridgehead atoms. The van der Waals surface area contributed by atoms with Gasteiger partial charge in [-0.15, -0.1) is 0 Å². The Morgan fingerprint density at radius 1 is 1.08 bits per heavy atom. The first-order valence-electron chi connectivity index (χ1n) is 14.3. The molecule has 2 aromatic rings. The number of hydrogen-bond acceptors (Lipinski definition) is 4. The van der Waals surface area contributed by atoms with E-state index in [0.29, 0.717) is 49.4 Å². The van der Waals surface area contributed by atoms with E-state index in [1.807, 2.05) is 0 Å². The van der Waals surface area contributed by atoms with Crippen molar-refractivity contribution >= 4 is 34.4 Å². The highest BCUT2D eigenvalue weighted by molar-refractivity contribution is 6.01. The number of nitrogens with one attached hydrogen (secondary N) is 2. The van der Waals surface area contributed by atoms with Gasteiger partial charge in [0.15, 0.2) is 11.5 Å². The topological polar surface area (TPSA) is 129 Å². The molecule has 8 nitrogen and oxygen atoms in total. The largest absolute Gasteiger partial charge is 0.476 e. The Morgan fingerprint density at radius 2 is 1.79 bits per heavy atom. The second-order valence-electron chi connectivity index (χ2n) is 11.6. The minimum atomic E-state index is -1.40. The lowest BCUT2D eigenvalue weighted by Gasteiger charge is -2.36. The first-order chi connectivity index (χ1) is 18.8. The SMILES string of the molecule is NC(CF)[C@H]1CC[C@H](C(=O)N2CC[C@@H](C3CCCCC3)[C@H]2C(=O)Nc2ccc3[nH]c(C(=O)O)c(F)c3c2)CC1. The normalized spacial score (nSPS) is 27.0. The second-order valence-corrected chi connectivity index (χ2v) is 11.6. The van der Waals surface area contributed by atoms with E-state index < -0.39 is 36.2 Å². The molecule has 1 aromatic heterocycles. The molecule has 3 aliphatic rings. The van der Waals surface area contributed by atoms with E-state index in [9.17, 15) is 28.3 Å². The molecule has 0 radical (unpaired) electrons. The number of likely N-dealkylation sites (tertiary alicyclic amines) is 1. The van der Waals surface area contributed by atoms with E-state index in [-0.39, 0.29) is 35.0 Å². The number of aromatic carboxylic acids is 1. The van der Waals surface area contributed by atoms with Gasteiger partial charge in [0.05, 0.1) is 0 Å². The summed E-state index contributed by atoms with van der Waals surface area (Å²) in [7, 11) is 0. The minimum Gasteiger partial charge on any atom is -0.476 e. The van der Waals surface area contributed by atoms with Gasteiger partial charge in [-0.25, -0.2) is 13.6 Å².